The van der Waals surface area contributed by atoms with Gasteiger partial charge in [0.1, 0.15) is 11.6 Å². The monoisotopic (exact) mass is 480 g/mol. The van der Waals surface area contributed by atoms with Crippen molar-refractivity contribution in [2.24, 2.45) is 13.0 Å². The Balaban J connectivity index is 1.71. The van der Waals surface area contributed by atoms with E-state index in [2.05, 4.69) is 75.0 Å². The maximum Gasteiger partial charge on any atom is 0.138 e. The Kier molecular flexibility index (Phi) is 8.62. The predicted molar refractivity (Wildman–Crippen MR) is 142 cm³/mol. The highest BCUT2D eigenvalue weighted by atomic mass is 35.5. The van der Waals surface area contributed by atoms with Crippen LogP contribution in [0, 0.1) is 5.92 Å². The number of aromatic nitrogens is 2. The summed E-state index contributed by atoms with van der Waals surface area (Å²) >= 11 is 6.38. The molecule has 182 valence electrons. The van der Waals surface area contributed by atoms with Crippen LogP contribution in [0.15, 0.2) is 54.7 Å². The number of rotatable bonds is 9. The van der Waals surface area contributed by atoms with Crippen LogP contribution in [0.5, 0.6) is 5.75 Å². The van der Waals surface area contributed by atoms with Crippen LogP contribution in [-0.2, 0) is 18.9 Å². The smallest absolute Gasteiger partial charge is 0.138 e. The van der Waals surface area contributed by atoms with E-state index in [1.54, 1.807) is 0 Å². The van der Waals surface area contributed by atoms with Crippen LogP contribution in [0.4, 0.5) is 0 Å². The lowest BCUT2D eigenvalue weighted by molar-refractivity contribution is 0.242. The zero-order chi connectivity index (χ0) is 24.9. The number of imidazole rings is 1. The van der Waals surface area contributed by atoms with E-state index in [-0.39, 0.29) is 24.0 Å². The molecule has 0 saturated heterocycles. The lowest BCUT2D eigenvalue weighted by Crippen LogP contribution is -2.17. The zero-order valence-electron chi connectivity index (χ0n) is 21.2. The molecule has 0 unspecified atom stereocenters. The molecular weight excluding hydrogens is 444 g/mol. The summed E-state index contributed by atoms with van der Waals surface area (Å²) in [5, 5.41) is 10.2. The van der Waals surface area contributed by atoms with Crippen molar-refractivity contribution in [1.82, 2.24) is 9.55 Å². The lowest BCUT2D eigenvalue weighted by atomic mass is 9.94. The van der Waals surface area contributed by atoms with Gasteiger partial charge in [-0.1, -0.05) is 74.9 Å². The molecule has 3 rings (SSSR count). The van der Waals surface area contributed by atoms with Gasteiger partial charge in [-0.3, -0.25) is 0 Å². The first kappa shape index (κ1) is 26.1. The highest BCUT2D eigenvalue weighted by Crippen LogP contribution is 2.28. The molecule has 1 atom stereocenters. The van der Waals surface area contributed by atoms with Crippen molar-refractivity contribution in [3.63, 3.8) is 0 Å². The van der Waals surface area contributed by atoms with E-state index in [9.17, 15) is 5.11 Å². The van der Waals surface area contributed by atoms with E-state index in [4.69, 9.17) is 21.3 Å². The third-order valence-corrected chi connectivity index (χ3v) is 5.97. The fraction of sp³-hybridized carbons (Fsp3) is 0.414. The Hall–Kier alpha value is -2.56. The zero-order valence-corrected chi connectivity index (χ0v) is 21.9. The van der Waals surface area contributed by atoms with Crippen LogP contribution in [-0.4, -0.2) is 27.4 Å². The Labute approximate surface area is 209 Å². The van der Waals surface area contributed by atoms with E-state index in [1.165, 1.54) is 5.56 Å². The molecule has 34 heavy (non-hydrogen) atoms. The standard InChI is InChI=1S/C29H37ClN2O2/c1-20(2)34-27-14-11-22(18-25(27)30)7-8-23(15-16-33)17-21-9-12-24(13-10-21)26-19-32(6)28(31-26)29(3,4)5/h7-14,18-20,23,33H,15-17H2,1-6H3/t23-/m1/s1. The number of aliphatic hydroxyl groups is 1. The summed E-state index contributed by atoms with van der Waals surface area (Å²) in [5.41, 5.74) is 4.36. The van der Waals surface area contributed by atoms with Gasteiger partial charge in [0.2, 0.25) is 0 Å². The molecule has 4 nitrogen and oxygen atoms in total. The predicted octanol–water partition coefficient (Wildman–Crippen LogP) is 7.08. The summed E-state index contributed by atoms with van der Waals surface area (Å²) in [7, 11) is 2.05. The number of aliphatic hydroxyl groups excluding tert-OH is 1. The molecule has 0 fully saturated rings. The molecule has 1 heterocycles. The molecule has 0 aliphatic rings. The minimum atomic E-state index is 0.00277. The first-order valence-corrected chi connectivity index (χ1v) is 12.3. The molecule has 0 aliphatic carbocycles. The molecule has 2 aromatic carbocycles. The summed E-state index contributed by atoms with van der Waals surface area (Å²) in [5.74, 6) is 2.00. The number of halogens is 1. The molecular formula is C29H37ClN2O2. The normalized spacial score (nSPS) is 13.1. The molecule has 0 radical (unpaired) electrons. The lowest BCUT2D eigenvalue weighted by Gasteiger charge is -2.17. The van der Waals surface area contributed by atoms with E-state index in [0.717, 1.165) is 29.1 Å². The summed E-state index contributed by atoms with van der Waals surface area (Å²) in [6.45, 7) is 10.7. The summed E-state index contributed by atoms with van der Waals surface area (Å²) in [6.07, 6.45) is 7.96. The first-order valence-electron chi connectivity index (χ1n) is 11.9. The summed E-state index contributed by atoms with van der Waals surface area (Å²) < 4.78 is 7.82. The van der Waals surface area contributed by atoms with Gasteiger partial charge in [-0.25, -0.2) is 4.98 Å². The highest BCUT2D eigenvalue weighted by Gasteiger charge is 2.20. The number of hydrogen-bond donors (Lipinski definition) is 1. The van der Waals surface area contributed by atoms with Crippen molar-refractivity contribution in [2.45, 2.75) is 59.0 Å². The van der Waals surface area contributed by atoms with Crippen LogP contribution < -0.4 is 4.74 Å². The van der Waals surface area contributed by atoms with Gasteiger partial charge in [0.05, 0.1) is 16.8 Å². The molecule has 1 N–H and O–H groups in total. The maximum absolute atomic E-state index is 9.58. The molecule has 3 aromatic rings. The molecule has 0 amide bonds. The van der Waals surface area contributed by atoms with E-state index in [0.29, 0.717) is 17.2 Å². The number of allylic oxidation sites excluding steroid dienone is 1. The topological polar surface area (TPSA) is 47.3 Å². The Morgan fingerprint density at radius 1 is 1.12 bits per heavy atom. The number of benzene rings is 2. The molecule has 5 heteroatoms. The SMILES string of the molecule is CC(C)Oc1ccc(C=C[C@H](CCO)Cc2ccc(-c3cn(C)c(C(C)(C)C)n3)cc2)cc1Cl. The fourth-order valence-corrected chi connectivity index (χ4v) is 4.30. The number of hydrogen-bond acceptors (Lipinski definition) is 3. The second kappa shape index (κ2) is 11.2. The minimum absolute atomic E-state index is 0.00277. The molecule has 0 bridgehead atoms. The first-order chi connectivity index (χ1) is 16.1. The Morgan fingerprint density at radius 2 is 1.82 bits per heavy atom. The van der Waals surface area contributed by atoms with Crippen LogP contribution in [0.3, 0.4) is 0 Å². The molecule has 0 saturated carbocycles. The van der Waals surface area contributed by atoms with Crippen molar-refractivity contribution in [1.29, 1.82) is 0 Å². The number of ether oxygens (including phenoxy) is 1. The van der Waals surface area contributed by atoms with Gasteiger partial charge in [0.15, 0.2) is 0 Å². The molecule has 0 aliphatic heterocycles. The van der Waals surface area contributed by atoms with Gasteiger partial charge in [0, 0.05) is 30.8 Å². The van der Waals surface area contributed by atoms with Gasteiger partial charge >= 0.3 is 0 Å². The average molecular weight is 481 g/mol. The Bertz CT molecular complexity index is 1110. The van der Waals surface area contributed by atoms with Gasteiger partial charge < -0.3 is 14.4 Å². The van der Waals surface area contributed by atoms with Gasteiger partial charge in [-0.2, -0.15) is 0 Å². The van der Waals surface area contributed by atoms with Crippen molar-refractivity contribution >= 4 is 17.7 Å². The highest BCUT2D eigenvalue weighted by molar-refractivity contribution is 6.32. The van der Waals surface area contributed by atoms with Crippen LogP contribution >= 0.6 is 11.6 Å². The summed E-state index contributed by atoms with van der Waals surface area (Å²) in [4.78, 5) is 4.86. The van der Waals surface area contributed by atoms with Crippen LogP contribution in [0.25, 0.3) is 17.3 Å². The van der Waals surface area contributed by atoms with Gasteiger partial charge in [-0.05, 0) is 55.9 Å². The number of nitrogens with zero attached hydrogens (tertiary/aromatic N) is 2. The van der Waals surface area contributed by atoms with Gasteiger partial charge in [-0.15, -0.1) is 0 Å². The van der Waals surface area contributed by atoms with Crippen LogP contribution in [0.2, 0.25) is 5.02 Å². The van der Waals surface area contributed by atoms with Crippen LogP contribution in [0.1, 0.15) is 58.0 Å². The van der Waals surface area contributed by atoms with Crippen molar-refractivity contribution in [2.75, 3.05) is 6.61 Å². The minimum Gasteiger partial charge on any atom is -0.489 e. The van der Waals surface area contributed by atoms with E-state index < -0.39 is 0 Å². The van der Waals surface area contributed by atoms with Crippen molar-refractivity contribution < 1.29 is 9.84 Å². The third kappa shape index (κ3) is 6.97. The quantitative estimate of drug-likeness (QED) is 0.356. The van der Waals surface area contributed by atoms with Crippen molar-refractivity contribution in [3.8, 4) is 17.0 Å². The molecule has 0 spiro atoms. The van der Waals surface area contributed by atoms with E-state index in [1.807, 2.05) is 32.0 Å². The second-order valence-corrected chi connectivity index (χ2v) is 10.6. The van der Waals surface area contributed by atoms with Gasteiger partial charge in [0.25, 0.3) is 0 Å². The second-order valence-electron chi connectivity index (χ2n) is 10.2. The maximum atomic E-state index is 9.58. The summed E-state index contributed by atoms with van der Waals surface area (Å²) in [6, 6.07) is 14.4. The molecule has 1 aromatic heterocycles. The van der Waals surface area contributed by atoms with Crippen molar-refractivity contribution in [3.05, 3.63) is 76.7 Å². The Morgan fingerprint density at radius 3 is 2.38 bits per heavy atom. The average Bonchev–Trinajstić information content (AvgIpc) is 3.16. The van der Waals surface area contributed by atoms with E-state index >= 15 is 0 Å². The largest absolute Gasteiger partial charge is 0.489 e. The number of aryl methyl sites for hydroxylation is 1. The third-order valence-electron chi connectivity index (χ3n) is 5.67. The fourth-order valence-electron chi connectivity index (χ4n) is 4.07.